The average molecular weight is 499 g/mol. The van der Waals surface area contributed by atoms with E-state index in [1.165, 1.54) is 30.7 Å². The lowest BCUT2D eigenvalue weighted by atomic mass is 10.2. The van der Waals surface area contributed by atoms with Crippen LogP contribution in [0.25, 0.3) is 0 Å². The van der Waals surface area contributed by atoms with Crippen LogP contribution in [-0.2, 0) is 24.3 Å². The van der Waals surface area contributed by atoms with Gasteiger partial charge in [-0.15, -0.1) is 0 Å². The molecule has 1 heterocycles. The third kappa shape index (κ3) is 5.93. The molecule has 1 aliphatic heterocycles. The first-order valence-corrected chi connectivity index (χ1v) is 11.6. The Morgan fingerprint density at radius 1 is 1.09 bits per heavy atom. The van der Waals surface area contributed by atoms with Crippen molar-refractivity contribution in [1.82, 2.24) is 4.31 Å². The highest BCUT2D eigenvalue weighted by Gasteiger charge is 2.28. The number of carbonyl (C=O) groups excluding carboxylic acids is 2. The van der Waals surface area contributed by atoms with Gasteiger partial charge in [0.15, 0.2) is 6.61 Å². The fraction of sp³-hybridized carbons (Fsp3) is 0.333. The number of carbonyl (C=O) groups is 2. The van der Waals surface area contributed by atoms with E-state index >= 15 is 0 Å². The van der Waals surface area contributed by atoms with Crippen LogP contribution in [0, 0.1) is 0 Å². The van der Waals surface area contributed by atoms with E-state index in [4.69, 9.17) is 30.5 Å². The summed E-state index contributed by atoms with van der Waals surface area (Å²) in [5.74, 6) is -0.692. The second-order valence-corrected chi connectivity index (χ2v) is 9.19. The molecular weight excluding hydrogens is 476 g/mol. The summed E-state index contributed by atoms with van der Waals surface area (Å²) in [7, 11) is -0.919. The Balaban J connectivity index is 1.69. The molecule has 0 bridgehead atoms. The van der Waals surface area contributed by atoms with E-state index in [2.05, 4.69) is 5.32 Å². The minimum atomic E-state index is -3.84. The first-order chi connectivity index (χ1) is 15.8. The number of hydrogen-bond donors (Lipinski definition) is 1. The van der Waals surface area contributed by atoms with Gasteiger partial charge in [-0.3, -0.25) is 4.79 Å². The minimum Gasteiger partial charge on any atom is -0.497 e. The zero-order chi connectivity index (χ0) is 24.0. The summed E-state index contributed by atoms with van der Waals surface area (Å²) in [5, 5.41) is 2.56. The molecule has 0 radical (unpaired) electrons. The lowest BCUT2D eigenvalue weighted by molar-refractivity contribution is -0.119. The maximum absolute atomic E-state index is 12.8. The summed E-state index contributed by atoms with van der Waals surface area (Å²) in [4.78, 5) is 24.7. The summed E-state index contributed by atoms with van der Waals surface area (Å²) in [6, 6.07) is 8.57. The maximum Gasteiger partial charge on any atom is 0.340 e. The van der Waals surface area contributed by atoms with Gasteiger partial charge >= 0.3 is 5.97 Å². The Labute approximate surface area is 196 Å². The van der Waals surface area contributed by atoms with Crippen molar-refractivity contribution in [2.75, 3.05) is 52.4 Å². The van der Waals surface area contributed by atoms with Crippen molar-refractivity contribution in [1.29, 1.82) is 0 Å². The quantitative estimate of drug-likeness (QED) is 0.550. The number of hydrogen-bond acceptors (Lipinski definition) is 8. The average Bonchev–Trinajstić information content (AvgIpc) is 2.83. The molecule has 0 spiro atoms. The van der Waals surface area contributed by atoms with Gasteiger partial charge in [0, 0.05) is 19.2 Å². The number of ether oxygens (including phenoxy) is 4. The zero-order valence-electron chi connectivity index (χ0n) is 18.0. The number of benzene rings is 2. The second kappa shape index (κ2) is 10.8. The molecule has 1 aliphatic rings. The highest BCUT2D eigenvalue weighted by Crippen LogP contribution is 2.29. The monoisotopic (exact) mass is 498 g/mol. The molecule has 0 aliphatic carbocycles. The van der Waals surface area contributed by atoms with Gasteiger partial charge in [-0.05, 0) is 30.3 Å². The third-order valence-electron chi connectivity index (χ3n) is 4.78. The number of nitrogens with one attached hydrogen (secondary N) is 1. The molecule has 0 unspecified atom stereocenters. The Hall–Kier alpha value is -2.86. The number of morpholine rings is 1. The molecule has 2 aromatic rings. The van der Waals surface area contributed by atoms with Crippen LogP contribution in [0.3, 0.4) is 0 Å². The first-order valence-electron chi connectivity index (χ1n) is 9.82. The largest absolute Gasteiger partial charge is 0.497 e. The van der Waals surface area contributed by atoms with E-state index < -0.39 is 28.5 Å². The molecule has 33 heavy (non-hydrogen) atoms. The maximum atomic E-state index is 12.8. The Bertz CT molecular complexity index is 1130. The molecule has 0 atom stereocenters. The van der Waals surface area contributed by atoms with Gasteiger partial charge in [-0.25, -0.2) is 13.2 Å². The van der Waals surface area contributed by atoms with Gasteiger partial charge in [0.2, 0.25) is 10.0 Å². The van der Waals surface area contributed by atoms with E-state index in [9.17, 15) is 18.0 Å². The van der Waals surface area contributed by atoms with Gasteiger partial charge in [0.05, 0.1) is 48.6 Å². The summed E-state index contributed by atoms with van der Waals surface area (Å²) in [5.41, 5.74) is 0.160. The normalized spacial score (nSPS) is 14.4. The van der Waals surface area contributed by atoms with Crippen LogP contribution in [-0.4, -0.2) is 71.7 Å². The number of anilines is 1. The number of halogens is 1. The number of nitrogens with zero attached hydrogens (tertiary/aromatic N) is 1. The van der Waals surface area contributed by atoms with Crippen molar-refractivity contribution in [3.8, 4) is 11.5 Å². The van der Waals surface area contributed by atoms with Gasteiger partial charge in [0.25, 0.3) is 5.91 Å². The zero-order valence-corrected chi connectivity index (χ0v) is 19.6. The molecule has 1 saturated heterocycles. The van der Waals surface area contributed by atoms with Crippen LogP contribution in [0.15, 0.2) is 41.3 Å². The predicted molar refractivity (Wildman–Crippen MR) is 119 cm³/mol. The highest BCUT2D eigenvalue weighted by atomic mass is 35.5. The first kappa shape index (κ1) is 24.8. The van der Waals surface area contributed by atoms with Crippen LogP contribution in [0.2, 0.25) is 5.02 Å². The van der Waals surface area contributed by atoms with Gasteiger partial charge < -0.3 is 24.3 Å². The van der Waals surface area contributed by atoms with Crippen molar-refractivity contribution in [3.05, 3.63) is 47.0 Å². The van der Waals surface area contributed by atoms with Crippen molar-refractivity contribution < 1.29 is 37.0 Å². The van der Waals surface area contributed by atoms with Crippen LogP contribution in [0.4, 0.5) is 5.69 Å². The molecular formula is C21H23ClN2O8S. The molecule has 3 rings (SSSR count). The SMILES string of the molecule is COc1ccc(OC)c(NC(=O)COC(=O)c2cc(S(=O)(=O)N3CCOCC3)ccc2Cl)c1. The summed E-state index contributed by atoms with van der Waals surface area (Å²) in [6.07, 6.45) is 0. The summed E-state index contributed by atoms with van der Waals surface area (Å²) in [6.45, 7) is 0.358. The van der Waals surface area contributed by atoms with Crippen LogP contribution < -0.4 is 14.8 Å². The van der Waals surface area contributed by atoms with Crippen molar-refractivity contribution >= 4 is 39.2 Å². The van der Waals surface area contributed by atoms with Gasteiger partial charge in [-0.2, -0.15) is 4.31 Å². The van der Waals surface area contributed by atoms with Crippen LogP contribution in [0.1, 0.15) is 10.4 Å². The molecule has 12 heteroatoms. The van der Waals surface area contributed by atoms with Crippen molar-refractivity contribution in [2.45, 2.75) is 4.90 Å². The van der Waals surface area contributed by atoms with Gasteiger partial charge in [0.1, 0.15) is 11.5 Å². The standard InChI is InChI=1S/C21H23ClN2O8S/c1-29-14-3-6-19(30-2)18(11-14)23-20(25)13-32-21(26)16-12-15(4-5-17(16)22)33(27,28)24-7-9-31-10-8-24/h3-6,11-12H,7-10,13H2,1-2H3,(H,23,25). The number of sulfonamides is 1. The topological polar surface area (TPSA) is 120 Å². The summed E-state index contributed by atoms with van der Waals surface area (Å²) >= 11 is 6.08. The molecule has 0 aromatic heterocycles. The van der Waals surface area contributed by atoms with Crippen LogP contribution >= 0.6 is 11.6 Å². The van der Waals surface area contributed by atoms with Crippen LogP contribution in [0.5, 0.6) is 11.5 Å². The number of esters is 1. The number of amides is 1. The molecule has 1 fully saturated rings. The van der Waals surface area contributed by atoms with E-state index in [1.54, 1.807) is 18.2 Å². The number of rotatable bonds is 8. The third-order valence-corrected chi connectivity index (χ3v) is 7.00. The van der Waals surface area contributed by atoms with E-state index in [0.717, 1.165) is 6.07 Å². The second-order valence-electron chi connectivity index (χ2n) is 6.85. The fourth-order valence-electron chi connectivity index (χ4n) is 3.06. The van der Waals surface area contributed by atoms with E-state index in [0.29, 0.717) is 17.2 Å². The Kier molecular flexibility index (Phi) is 8.14. The lowest BCUT2D eigenvalue weighted by Crippen LogP contribution is -2.40. The number of methoxy groups -OCH3 is 2. The Morgan fingerprint density at radius 3 is 2.48 bits per heavy atom. The van der Waals surface area contributed by atoms with Crippen molar-refractivity contribution in [3.63, 3.8) is 0 Å². The molecule has 178 valence electrons. The Morgan fingerprint density at radius 2 is 1.82 bits per heavy atom. The minimum absolute atomic E-state index is 0.00389. The highest BCUT2D eigenvalue weighted by molar-refractivity contribution is 7.89. The van der Waals surface area contributed by atoms with E-state index in [-0.39, 0.29) is 41.8 Å². The molecule has 1 amide bonds. The smallest absolute Gasteiger partial charge is 0.340 e. The fourth-order valence-corrected chi connectivity index (χ4v) is 4.69. The molecule has 10 nitrogen and oxygen atoms in total. The van der Waals surface area contributed by atoms with Gasteiger partial charge in [-0.1, -0.05) is 11.6 Å². The molecule has 0 saturated carbocycles. The lowest BCUT2D eigenvalue weighted by Gasteiger charge is -2.26. The molecule has 1 N–H and O–H groups in total. The molecule has 2 aromatic carbocycles. The van der Waals surface area contributed by atoms with Crippen molar-refractivity contribution in [2.24, 2.45) is 0 Å². The predicted octanol–water partition coefficient (Wildman–Crippen LogP) is 2.17. The summed E-state index contributed by atoms with van der Waals surface area (Å²) < 4.78 is 47.5. The van der Waals surface area contributed by atoms with E-state index in [1.807, 2.05) is 0 Å².